The van der Waals surface area contributed by atoms with Gasteiger partial charge in [-0.1, -0.05) is 83.5 Å². The van der Waals surface area contributed by atoms with Crippen molar-refractivity contribution >= 4 is 25.3 Å². The number of nitrogens with two attached hydrogens (primary N) is 1. The third-order valence-corrected chi connectivity index (χ3v) is 9.30. The number of hydrogen-bond donors (Lipinski definition) is 3. The first-order valence-electron chi connectivity index (χ1n) is 17.5. The molecule has 0 aliphatic carbocycles. The molecule has 1 aromatic heterocycles. The summed E-state index contributed by atoms with van der Waals surface area (Å²) < 4.78 is 48.7. The van der Waals surface area contributed by atoms with Crippen LogP contribution in [-0.2, 0) is 27.9 Å². The molecule has 15 heteroatoms. The van der Waals surface area contributed by atoms with Crippen molar-refractivity contribution in [2.75, 3.05) is 32.1 Å². The molecule has 1 saturated heterocycles. The fourth-order valence-corrected chi connectivity index (χ4v) is 6.26. The van der Waals surface area contributed by atoms with E-state index >= 15 is 4.39 Å². The fourth-order valence-electron chi connectivity index (χ4n) is 5.51. The van der Waals surface area contributed by atoms with E-state index in [0.717, 1.165) is 62.1 Å². The summed E-state index contributed by atoms with van der Waals surface area (Å²) in [6, 6.07) is 1.33. The van der Waals surface area contributed by atoms with Crippen molar-refractivity contribution in [1.82, 2.24) is 9.55 Å². The van der Waals surface area contributed by atoms with E-state index < -0.39 is 43.6 Å². The molecule has 0 bridgehead atoms. The van der Waals surface area contributed by atoms with E-state index in [0.29, 0.717) is 13.0 Å². The van der Waals surface area contributed by atoms with Gasteiger partial charge in [-0.15, -0.1) is 0 Å². The average molecular weight is 705 g/mol. The van der Waals surface area contributed by atoms with Crippen LogP contribution in [0.1, 0.15) is 130 Å². The number of unbranched alkanes of at least 4 members (excludes halogenated alkanes) is 14. The van der Waals surface area contributed by atoms with E-state index in [4.69, 9.17) is 24.3 Å². The summed E-state index contributed by atoms with van der Waals surface area (Å²) in [6.45, 7) is 5.16. The Balaban J connectivity index is 1.38. The summed E-state index contributed by atoms with van der Waals surface area (Å²) in [6.07, 6.45) is 13.6. The minimum absolute atomic E-state index is 0.0105. The molecule has 0 saturated carbocycles. The number of aliphatic imine (C=N–C) groups is 1. The molecule has 0 spiro atoms. The van der Waals surface area contributed by atoms with E-state index in [2.05, 4.69) is 9.98 Å². The van der Waals surface area contributed by atoms with E-state index in [1.165, 1.54) is 57.2 Å². The number of aliphatic hydroxyl groups excluding tert-OH is 1. The molecule has 1 fully saturated rings. The maximum Gasteiger partial charge on any atom is 0.472 e. The Bertz CT molecular complexity index is 1210. The molecule has 2 rings (SSSR count). The number of nitrogens with zero attached hydrogens (tertiary/aromatic N) is 3. The molecule has 48 heavy (non-hydrogen) atoms. The highest BCUT2D eigenvalue weighted by atomic mass is 31.2. The molecule has 1 aliphatic rings. The van der Waals surface area contributed by atoms with Gasteiger partial charge in [0.1, 0.15) is 24.6 Å². The third-order valence-electron chi connectivity index (χ3n) is 8.28. The summed E-state index contributed by atoms with van der Waals surface area (Å²) in [4.78, 5) is 41.6. The Morgan fingerprint density at radius 1 is 1.00 bits per heavy atom. The lowest BCUT2D eigenvalue weighted by molar-refractivity contribution is -0.150. The van der Waals surface area contributed by atoms with Crippen LogP contribution in [0.3, 0.4) is 0 Å². The number of nitrogen functional groups attached to an aromatic ring is 1. The molecular weight excluding hydrogens is 646 g/mol. The second kappa shape index (κ2) is 22.5. The molecule has 1 aromatic rings. The first-order chi connectivity index (χ1) is 22.8. The van der Waals surface area contributed by atoms with Gasteiger partial charge < -0.3 is 25.2 Å². The highest BCUT2D eigenvalue weighted by Gasteiger charge is 2.55. The van der Waals surface area contributed by atoms with Crippen LogP contribution in [0.25, 0.3) is 0 Å². The number of ether oxygens (including phenoxy) is 2. The molecule has 0 amide bonds. The average Bonchev–Trinajstić information content (AvgIpc) is 3.24. The topological polar surface area (TPSA) is 185 Å². The number of rotatable bonds is 26. The monoisotopic (exact) mass is 704 g/mol. The minimum Gasteiger partial charge on any atom is -0.463 e. The third kappa shape index (κ3) is 16.5. The molecule has 4 N–H and O–H groups in total. The lowest BCUT2D eigenvalue weighted by Crippen LogP contribution is -2.43. The van der Waals surface area contributed by atoms with Crippen LogP contribution in [0.2, 0.25) is 0 Å². The first-order valence-corrected chi connectivity index (χ1v) is 19.0. The van der Waals surface area contributed by atoms with Gasteiger partial charge in [0.2, 0.25) is 0 Å². The predicted molar refractivity (Wildman–Crippen MR) is 183 cm³/mol. The van der Waals surface area contributed by atoms with Gasteiger partial charge in [-0.2, -0.15) is 4.98 Å². The van der Waals surface area contributed by atoms with Crippen molar-refractivity contribution in [3.8, 4) is 0 Å². The van der Waals surface area contributed by atoms with Crippen molar-refractivity contribution in [3.63, 3.8) is 0 Å². The van der Waals surface area contributed by atoms with Gasteiger partial charge in [0.05, 0.1) is 19.8 Å². The Morgan fingerprint density at radius 2 is 1.52 bits per heavy atom. The summed E-state index contributed by atoms with van der Waals surface area (Å²) in [5.41, 5.74) is 3.29. The van der Waals surface area contributed by atoms with E-state index in [-0.39, 0.29) is 32.1 Å². The molecule has 0 radical (unpaired) electrons. The highest BCUT2D eigenvalue weighted by molar-refractivity contribution is 7.47. The normalized spacial score (nSPS) is 22.0. The van der Waals surface area contributed by atoms with Crippen LogP contribution >= 0.6 is 7.82 Å². The van der Waals surface area contributed by atoms with Crippen LogP contribution in [-0.4, -0.2) is 75.5 Å². The second-order valence-electron chi connectivity index (χ2n) is 12.9. The lowest BCUT2D eigenvalue weighted by atomic mass is 9.98. The van der Waals surface area contributed by atoms with Gasteiger partial charge in [0.25, 0.3) is 0 Å². The number of phosphoric acid groups is 1. The van der Waals surface area contributed by atoms with Crippen LogP contribution in [0, 0.1) is 0 Å². The number of phosphoric ester groups is 1. The van der Waals surface area contributed by atoms with Crippen LogP contribution in [0.5, 0.6) is 0 Å². The minimum atomic E-state index is -3.98. The Hall–Kier alpha value is -2.22. The summed E-state index contributed by atoms with van der Waals surface area (Å²) in [5, 5.41) is 10.4. The van der Waals surface area contributed by atoms with Crippen LogP contribution < -0.4 is 11.4 Å². The molecule has 276 valence electrons. The van der Waals surface area contributed by atoms with E-state index in [1.807, 2.05) is 13.8 Å². The Labute approximate surface area is 284 Å². The first kappa shape index (κ1) is 41.9. The molecule has 2 unspecified atom stereocenters. The van der Waals surface area contributed by atoms with Crippen LogP contribution in [0.15, 0.2) is 22.1 Å². The SMILES string of the molecule is CC(C)=NCCOP(=O)(O)OCCCCCCCCCCCCCCCCCC(=O)OC[C@H]1O[C@@H](n2ccc(N)nc2=O)[C@@](C)(F)C1O. The molecule has 0 aromatic carbocycles. The van der Waals surface area contributed by atoms with Gasteiger partial charge in [0.15, 0.2) is 11.9 Å². The van der Waals surface area contributed by atoms with Crippen molar-refractivity contribution in [1.29, 1.82) is 0 Å². The van der Waals surface area contributed by atoms with Crippen LogP contribution in [0.4, 0.5) is 10.2 Å². The number of carbonyl (C=O) groups excluding carboxylic acids is 1. The predicted octanol–water partition coefficient (Wildman–Crippen LogP) is 6.21. The molecular formula is C33H58FN4O9P. The van der Waals surface area contributed by atoms with Gasteiger partial charge in [-0.3, -0.25) is 23.4 Å². The second-order valence-corrected chi connectivity index (χ2v) is 14.3. The number of anilines is 1. The Morgan fingerprint density at radius 3 is 2.06 bits per heavy atom. The fraction of sp³-hybridized carbons (Fsp3) is 0.818. The number of esters is 1. The van der Waals surface area contributed by atoms with Crippen molar-refractivity contribution in [2.24, 2.45) is 4.99 Å². The zero-order valence-electron chi connectivity index (χ0n) is 29.0. The van der Waals surface area contributed by atoms with Crippen molar-refractivity contribution < 1.29 is 42.3 Å². The maximum atomic E-state index is 15.2. The number of hydrogen-bond acceptors (Lipinski definition) is 11. The lowest BCUT2D eigenvalue weighted by Gasteiger charge is -2.24. The zero-order valence-corrected chi connectivity index (χ0v) is 29.9. The highest BCUT2D eigenvalue weighted by Crippen LogP contribution is 2.43. The largest absolute Gasteiger partial charge is 0.472 e. The van der Waals surface area contributed by atoms with Crippen molar-refractivity contribution in [3.05, 3.63) is 22.7 Å². The Kier molecular flexibility index (Phi) is 19.7. The number of aromatic nitrogens is 2. The summed E-state index contributed by atoms with van der Waals surface area (Å²) in [5.74, 6) is -0.443. The van der Waals surface area contributed by atoms with Crippen molar-refractivity contribution in [2.45, 2.75) is 148 Å². The van der Waals surface area contributed by atoms with Gasteiger partial charge in [-0.05, 0) is 39.7 Å². The number of alkyl halides is 1. The van der Waals surface area contributed by atoms with E-state index in [1.54, 1.807) is 0 Å². The van der Waals surface area contributed by atoms with Gasteiger partial charge in [0, 0.05) is 18.3 Å². The molecule has 5 atom stereocenters. The molecule has 2 heterocycles. The number of aliphatic hydroxyl groups is 1. The van der Waals surface area contributed by atoms with Gasteiger partial charge >= 0.3 is 19.5 Å². The number of carbonyl (C=O) groups is 1. The summed E-state index contributed by atoms with van der Waals surface area (Å²) >= 11 is 0. The standard InChI is InChI=1S/C33H58FN4O9P/c1-26(2)36-21-24-46-48(42,43)45-23-18-16-14-12-10-8-6-4-5-7-9-11-13-15-17-19-29(39)44-25-27-30(40)33(3,34)31(47-27)38-22-20-28(35)37-32(38)41/h20,22,27,30-31,40H,4-19,21,23-25H2,1-3H3,(H,42,43)(H2,35,37,41)/t27-,30?,31-,33+/m1/s1. The quantitative estimate of drug-likeness (QED) is 0.0431. The molecule has 1 aliphatic heterocycles. The molecule has 13 nitrogen and oxygen atoms in total. The smallest absolute Gasteiger partial charge is 0.463 e. The van der Waals surface area contributed by atoms with E-state index in [9.17, 15) is 24.2 Å². The van der Waals surface area contributed by atoms with Gasteiger partial charge in [-0.25, -0.2) is 13.8 Å². The zero-order chi connectivity index (χ0) is 35.4. The summed E-state index contributed by atoms with van der Waals surface area (Å²) in [7, 11) is -3.98. The maximum absolute atomic E-state index is 15.2. The number of halogens is 1.